The summed E-state index contributed by atoms with van der Waals surface area (Å²) < 4.78 is 8.02. The molecule has 3 heterocycles. The first kappa shape index (κ1) is 30.1. The van der Waals surface area contributed by atoms with E-state index in [-0.39, 0.29) is 11.8 Å². The van der Waals surface area contributed by atoms with Crippen LogP contribution in [0.4, 0.5) is 17.1 Å². The molecule has 0 saturated carbocycles. The third kappa shape index (κ3) is 5.38. The maximum absolute atomic E-state index is 12.0. The first-order chi connectivity index (χ1) is 18.7. The quantitative estimate of drug-likeness (QED) is 0.285. The molecule has 0 saturated heterocycles. The Hall–Kier alpha value is -2.90. The minimum absolute atomic E-state index is 0.0295. The Morgan fingerprint density at radius 2 is 1.35 bits per heavy atom. The number of methoxy groups -OCH3 is 1. The number of nitrogens with zero attached hydrogens (tertiary/aromatic N) is 1. The summed E-state index contributed by atoms with van der Waals surface area (Å²) in [6, 6.07) is 16.1. The summed E-state index contributed by atoms with van der Waals surface area (Å²) in [6.45, 7) is 3.29. The zero-order valence-electron chi connectivity index (χ0n) is 21.8. The number of ether oxygens (including phenoxy) is 1. The van der Waals surface area contributed by atoms with Gasteiger partial charge in [0.1, 0.15) is 0 Å². The fourth-order valence-corrected chi connectivity index (χ4v) is 5.53. The molecule has 0 aromatic heterocycles. The van der Waals surface area contributed by atoms with Crippen LogP contribution in [0.25, 0.3) is 0 Å². The maximum Gasteiger partial charge on any atom is 0.296 e. The van der Waals surface area contributed by atoms with E-state index in [0.717, 1.165) is 24.7 Å². The van der Waals surface area contributed by atoms with E-state index < -0.39 is 22.9 Å². The number of Topliss-reactive ketones (excluding diaryl/α,β-unsaturated/α-hetero) is 1. The molecule has 3 aliphatic rings. The highest BCUT2D eigenvalue weighted by Gasteiger charge is 2.46. The first-order valence-electron chi connectivity index (χ1n) is 11.8. The lowest BCUT2D eigenvalue weighted by Gasteiger charge is -2.20. The highest BCUT2D eigenvalue weighted by molar-refractivity contribution is 9.11. The fraction of sp³-hybridized carbons (Fsp3) is 0.214. The molecule has 6 rings (SSSR count). The molecule has 0 spiro atoms. The van der Waals surface area contributed by atoms with Crippen LogP contribution in [0.1, 0.15) is 35.3 Å². The van der Waals surface area contributed by atoms with Gasteiger partial charge in [0.2, 0.25) is 0 Å². The van der Waals surface area contributed by atoms with E-state index in [2.05, 4.69) is 58.4 Å². The molecule has 3 aromatic rings. The Bertz CT molecular complexity index is 1570. The topological polar surface area (TPSA) is 125 Å². The van der Waals surface area contributed by atoms with Crippen LogP contribution in [0.3, 0.4) is 0 Å². The lowest BCUT2D eigenvalue weighted by Crippen LogP contribution is -2.37. The Morgan fingerprint density at radius 1 is 0.800 bits per heavy atom. The Kier molecular flexibility index (Phi) is 8.40. The molecule has 3 N–H and O–H groups in total. The number of carbonyl (C=O) groups excluding carboxylic acids is 4. The zero-order valence-corrected chi connectivity index (χ0v) is 26.5. The van der Waals surface area contributed by atoms with Crippen LogP contribution in [0.5, 0.6) is 0 Å². The molecule has 2 atom stereocenters. The van der Waals surface area contributed by atoms with E-state index in [4.69, 9.17) is 4.74 Å². The summed E-state index contributed by atoms with van der Waals surface area (Å²) in [5.74, 6) is -1.42. The standard InChI is InChI=1S/C11H12BrNO2.C9H8BrNO2.C8H4BrNO2/c1-11(15-3)8-5-4-7(12)6-9(8)13(2)10(11)14;1-9(13)6-3-2-5(10)4-7(6)11-8(9)12;9-4-1-2-5-6(3-4)10-8(12)7(5)11/h4-6H,1-3H3;2-4,13H,1H3,(H,11,12);1-3H,(H,10,11,12). The normalized spacial score (nSPS) is 21.9. The lowest BCUT2D eigenvalue weighted by molar-refractivity contribution is -0.137. The van der Waals surface area contributed by atoms with E-state index in [9.17, 15) is 24.3 Å². The van der Waals surface area contributed by atoms with Crippen LogP contribution < -0.4 is 15.5 Å². The minimum Gasteiger partial charge on any atom is -0.375 e. The maximum atomic E-state index is 12.0. The van der Waals surface area contributed by atoms with Gasteiger partial charge in [-0.2, -0.15) is 0 Å². The first-order valence-corrected chi connectivity index (χ1v) is 14.2. The van der Waals surface area contributed by atoms with E-state index >= 15 is 0 Å². The molecule has 12 heteroatoms. The number of aliphatic hydroxyl groups is 1. The molecule has 40 heavy (non-hydrogen) atoms. The third-order valence-corrected chi connectivity index (χ3v) is 8.31. The van der Waals surface area contributed by atoms with Crippen molar-refractivity contribution < 1.29 is 29.0 Å². The number of carbonyl (C=O) groups is 4. The van der Waals surface area contributed by atoms with Crippen molar-refractivity contribution >= 4 is 88.4 Å². The summed E-state index contributed by atoms with van der Waals surface area (Å²) in [5, 5.41) is 14.9. The SMILES string of the molecule is CC1(O)C(=O)Nc2cc(Br)ccc21.COC1(C)C(=O)N(C)c2cc(Br)ccc21.O=C1Nc2cc(Br)ccc2C1=O. The average molecular weight is 738 g/mol. The summed E-state index contributed by atoms with van der Waals surface area (Å²) in [5.41, 5.74) is 1.91. The van der Waals surface area contributed by atoms with Crippen molar-refractivity contribution in [3.05, 3.63) is 84.7 Å². The summed E-state index contributed by atoms with van der Waals surface area (Å²) in [7, 11) is 3.32. The van der Waals surface area contributed by atoms with Gasteiger partial charge in [0.15, 0.2) is 11.2 Å². The summed E-state index contributed by atoms with van der Waals surface area (Å²) in [6.07, 6.45) is 0. The smallest absolute Gasteiger partial charge is 0.296 e. The third-order valence-electron chi connectivity index (χ3n) is 6.83. The van der Waals surface area contributed by atoms with Crippen LogP contribution in [-0.4, -0.2) is 42.8 Å². The summed E-state index contributed by atoms with van der Waals surface area (Å²) >= 11 is 9.92. The molecule has 0 fully saturated rings. The van der Waals surface area contributed by atoms with E-state index in [1.165, 1.54) is 6.92 Å². The van der Waals surface area contributed by atoms with Gasteiger partial charge in [-0.3, -0.25) is 19.2 Å². The monoisotopic (exact) mass is 735 g/mol. The molecule has 0 bridgehead atoms. The number of hydrogen-bond donors (Lipinski definition) is 3. The van der Waals surface area contributed by atoms with Crippen LogP contribution in [0.2, 0.25) is 0 Å². The number of halogens is 3. The zero-order chi connectivity index (χ0) is 29.6. The van der Waals surface area contributed by atoms with E-state index in [1.54, 1.807) is 62.4 Å². The van der Waals surface area contributed by atoms with Crippen molar-refractivity contribution in [3.8, 4) is 0 Å². The number of amides is 3. The fourth-order valence-electron chi connectivity index (χ4n) is 4.46. The second-order valence-corrected chi connectivity index (χ2v) is 12.2. The number of benzene rings is 3. The molecule has 9 nitrogen and oxygen atoms in total. The van der Waals surface area contributed by atoms with Gasteiger partial charge < -0.3 is 25.4 Å². The molecular weight excluding hydrogens is 714 g/mol. The Labute approximate surface area is 255 Å². The second-order valence-electron chi connectivity index (χ2n) is 9.45. The average Bonchev–Trinajstić information content (AvgIpc) is 3.39. The van der Waals surface area contributed by atoms with Crippen molar-refractivity contribution in [1.82, 2.24) is 0 Å². The van der Waals surface area contributed by atoms with Crippen molar-refractivity contribution in [1.29, 1.82) is 0 Å². The molecule has 3 amide bonds. The van der Waals surface area contributed by atoms with Gasteiger partial charge in [0, 0.05) is 44.4 Å². The van der Waals surface area contributed by atoms with E-state index in [0.29, 0.717) is 22.5 Å². The second kappa shape index (κ2) is 11.2. The van der Waals surface area contributed by atoms with E-state index in [1.807, 2.05) is 18.2 Å². The van der Waals surface area contributed by atoms with Gasteiger partial charge >= 0.3 is 0 Å². The van der Waals surface area contributed by atoms with Gasteiger partial charge in [-0.05, 0) is 56.3 Å². The Morgan fingerprint density at radius 3 is 1.98 bits per heavy atom. The Balaban J connectivity index is 0.000000140. The predicted octanol–water partition coefficient (Wildman–Crippen LogP) is 5.48. The van der Waals surface area contributed by atoms with Crippen LogP contribution in [0.15, 0.2) is 68.0 Å². The van der Waals surface area contributed by atoms with Crippen LogP contribution in [-0.2, 0) is 30.3 Å². The highest BCUT2D eigenvalue weighted by Crippen LogP contribution is 2.42. The number of fused-ring (bicyclic) bond motifs is 3. The molecule has 3 aromatic carbocycles. The predicted molar refractivity (Wildman–Crippen MR) is 161 cm³/mol. The van der Waals surface area contributed by atoms with Gasteiger partial charge in [-0.15, -0.1) is 0 Å². The molecule has 0 radical (unpaired) electrons. The van der Waals surface area contributed by atoms with Crippen molar-refractivity contribution in [3.63, 3.8) is 0 Å². The highest BCUT2D eigenvalue weighted by atomic mass is 79.9. The van der Waals surface area contributed by atoms with Gasteiger partial charge in [0.05, 0.1) is 16.9 Å². The number of nitrogens with one attached hydrogen (secondary N) is 2. The number of likely N-dealkylation sites (N-methyl/N-ethyl adjacent to an activating group) is 1. The van der Waals surface area contributed by atoms with Gasteiger partial charge in [-0.1, -0.05) is 59.9 Å². The van der Waals surface area contributed by atoms with Crippen molar-refractivity contribution in [2.24, 2.45) is 0 Å². The molecule has 0 aliphatic carbocycles. The van der Waals surface area contributed by atoms with Crippen molar-refractivity contribution in [2.75, 3.05) is 29.7 Å². The van der Waals surface area contributed by atoms with Gasteiger partial charge in [-0.25, -0.2) is 0 Å². The number of hydrogen-bond acceptors (Lipinski definition) is 6. The largest absolute Gasteiger partial charge is 0.375 e. The molecule has 2 unspecified atom stereocenters. The van der Waals surface area contributed by atoms with Gasteiger partial charge in [0.25, 0.3) is 23.5 Å². The molecule has 208 valence electrons. The molecular formula is C28H24Br3N3O6. The van der Waals surface area contributed by atoms with Crippen LogP contribution >= 0.6 is 47.8 Å². The minimum atomic E-state index is -1.39. The lowest BCUT2D eigenvalue weighted by atomic mass is 9.98. The summed E-state index contributed by atoms with van der Waals surface area (Å²) in [4.78, 5) is 46.9. The number of ketones is 1. The van der Waals surface area contributed by atoms with Crippen molar-refractivity contribution in [2.45, 2.75) is 25.0 Å². The number of rotatable bonds is 1. The van der Waals surface area contributed by atoms with Crippen LogP contribution in [0, 0.1) is 0 Å². The molecule has 3 aliphatic heterocycles. The number of anilines is 3.